The van der Waals surface area contributed by atoms with Crippen molar-refractivity contribution in [1.82, 2.24) is 9.55 Å². The standard InChI is InChI=1S/C13H16N2O3/c1-15-8-7-14-13(15)9-5-6-10(16-2)12(18-4)11(9)17-3/h5-8H,1-4H3. The third kappa shape index (κ3) is 1.88. The number of hydrogen-bond acceptors (Lipinski definition) is 4. The van der Waals surface area contributed by atoms with E-state index in [-0.39, 0.29) is 0 Å². The van der Waals surface area contributed by atoms with Crippen molar-refractivity contribution in [3.8, 4) is 28.6 Å². The number of ether oxygens (including phenoxy) is 3. The molecule has 18 heavy (non-hydrogen) atoms. The molecule has 1 aromatic heterocycles. The number of imidazole rings is 1. The van der Waals surface area contributed by atoms with E-state index in [1.54, 1.807) is 27.5 Å². The molecule has 0 fully saturated rings. The number of aromatic nitrogens is 2. The van der Waals surface area contributed by atoms with Gasteiger partial charge in [-0.25, -0.2) is 4.98 Å². The van der Waals surface area contributed by atoms with Gasteiger partial charge in [0.1, 0.15) is 5.82 Å². The molecule has 0 atom stereocenters. The van der Waals surface area contributed by atoms with Gasteiger partial charge in [-0.15, -0.1) is 0 Å². The first-order valence-electron chi connectivity index (χ1n) is 5.49. The van der Waals surface area contributed by atoms with E-state index in [1.807, 2.05) is 29.9 Å². The lowest BCUT2D eigenvalue weighted by atomic mass is 10.1. The highest BCUT2D eigenvalue weighted by molar-refractivity contribution is 5.72. The van der Waals surface area contributed by atoms with Crippen LogP contribution in [0.5, 0.6) is 17.2 Å². The van der Waals surface area contributed by atoms with Crippen molar-refractivity contribution < 1.29 is 14.2 Å². The molecule has 0 saturated heterocycles. The molecule has 0 aliphatic heterocycles. The van der Waals surface area contributed by atoms with E-state index in [1.165, 1.54) is 0 Å². The number of nitrogens with zero attached hydrogens (tertiary/aromatic N) is 2. The fourth-order valence-electron chi connectivity index (χ4n) is 1.90. The van der Waals surface area contributed by atoms with Crippen molar-refractivity contribution in [2.75, 3.05) is 21.3 Å². The topological polar surface area (TPSA) is 45.5 Å². The van der Waals surface area contributed by atoms with Gasteiger partial charge in [0.05, 0.1) is 26.9 Å². The summed E-state index contributed by atoms with van der Waals surface area (Å²) < 4.78 is 17.9. The number of methoxy groups -OCH3 is 3. The second kappa shape index (κ2) is 5.00. The van der Waals surface area contributed by atoms with Gasteiger partial charge >= 0.3 is 0 Å². The van der Waals surface area contributed by atoms with Crippen LogP contribution in [0.3, 0.4) is 0 Å². The SMILES string of the molecule is COc1ccc(-c2nccn2C)c(OC)c1OC. The first-order chi connectivity index (χ1) is 8.72. The van der Waals surface area contributed by atoms with Crippen molar-refractivity contribution >= 4 is 0 Å². The van der Waals surface area contributed by atoms with E-state index in [9.17, 15) is 0 Å². The van der Waals surface area contributed by atoms with E-state index in [4.69, 9.17) is 14.2 Å². The molecule has 2 aromatic rings. The molecule has 0 saturated carbocycles. The van der Waals surface area contributed by atoms with Gasteiger partial charge in [0.2, 0.25) is 5.75 Å². The zero-order valence-corrected chi connectivity index (χ0v) is 10.9. The summed E-state index contributed by atoms with van der Waals surface area (Å²) >= 11 is 0. The van der Waals surface area contributed by atoms with E-state index in [2.05, 4.69) is 4.98 Å². The average molecular weight is 248 g/mol. The van der Waals surface area contributed by atoms with Gasteiger partial charge in [0.15, 0.2) is 11.5 Å². The minimum atomic E-state index is 0.570. The van der Waals surface area contributed by atoms with Gasteiger partial charge < -0.3 is 18.8 Å². The summed E-state index contributed by atoms with van der Waals surface area (Å²) in [6.45, 7) is 0. The summed E-state index contributed by atoms with van der Waals surface area (Å²) in [5.41, 5.74) is 0.864. The van der Waals surface area contributed by atoms with E-state index >= 15 is 0 Å². The molecule has 5 heteroatoms. The third-order valence-electron chi connectivity index (χ3n) is 2.77. The zero-order valence-electron chi connectivity index (χ0n) is 10.9. The van der Waals surface area contributed by atoms with Gasteiger partial charge in [-0.05, 0) is 12.1 Å². The van der Waals surface area contributed by atoms with Crippen LogP contribution in [0.1, 0.15) is 0 Å². The van der Waals surface area contributed by atoms with Crippen LogP contribution in [0, 0.1) is 0 Å². The summed E-state index contributed by atoms with van der Waals surface area (Å²) in [6.07, 6.45) is 3.62. The molecule has 0 aliphatic rings. The molecular formula is C13H16N2O3. The van der Waals surface area contributed by atoms with Crippen LogP contribution in [-0.2, 0) is 7.05 Å². The smallest absolute Gasteiger partial charge is 0.204 e. The lowest BCUT2D eigenvalue weighted by molar-refractivity contribution is 0.325. The number of hydrogen-bond donors (Lipinski definition) is 0. The molecule has 0 radical (unpaired) electrons. The Morgan fingerprint density at radius 2 is 1.72 bits per heavy atom. The minimum absolute atomic E-state index is 0.570. The second-order valence-corrected chi connectivity index (χ2v) is 3.74. The fraction of sp³-hybridized carbons (Fsp3) is 0.308. The first-order valence-corrected chi connectivity index (χ1v) is 5.49. The lowest BCUT2D eigenvalue weighted by Crippen LogP contribution is -1.99. The van der Waals surface area contributed by atoms with Crippen LogP contribution in [0.2, 0.25) is 0 Å². The molecule has 0 spiro atoms. The Hall–Kier alpha value is -2.17. The van der Waals surface area contributed by atoms with E-state index < -0.39 is 0 Å². The van der Waals surface area contributed by atoms with Crippen LogP contribution in [0.4, 0.5) is 0 Å². The van der Waals surface area contributed by atoms with Crippen LogP contribution in [0.25, 0.3) is 11.4 Å². The average Bonchev–Trinajstić information content (AvgIpc) is 2.82. The Labute approximate surface area is 106 Å². The lowest BCUT2D eigenvalue weighted by Gasteiger charge is -2.15. The third-order valence-corrected chi connectivity index (χ3v) is 2.77. The molecule has 1 aromatic carbocycles. The van der Waals surface area contributed by atoms with Gasteiger partial charge in [-0.1, -0.05) is 0 Å². The predicted octanol–water partition coefficient (Wildman–Crippen LogP) is 2.11. The molecule has 2 rings (SSSR count). The Morgan fingerprint density at radius 3 is 2.22 bits per heavy atom. The molecule has 0 unspecified atom stereocenters. The van der Waals surface area contributed by atoms with Gasteiger partial charge in [0, 0.05) is 19.4 Å². The highest BCUT2D eigenvalue weighted by Crippen LogP contribution is 2.43. The first kappa shape index (κ1) is 12.3. The summed E-state index contributed by atoms with van der Waals surface area (Å²) in [5, 5.41) is 0. The Morgan fingerprint density at radius 1 is 1.00 bits per heavy atom. The quantitative estimate of drug-likeness (QED) is 0.831. The number of rotatable bonds is 4. The number of benzene rings is 1. The Bertz CT molecular complexity index is 549. The van der Waals surface area contributed by atoms with Crippen LogP contribution in [0.15, 0.2) is 24.5 Å². The van der Waals surface area contributed by atoms with Gasteiger partial charge in [-0.2, -0.15) is 0 Å². The van der Waals surface area contributed by atoms with Crippen LogP contribution in [-0.4, -0.2) is 30.9 Å². The summed E-state index contributed by atoms with van der Waals surface area (Å²) in [5.74, 6) is 2.63. The molecule has 0 bridgehead atoms. The second-order valence-electron chi connectivity index (χ2n) is 3.74. The Balaban J connectivity index is 2.66. The van der Waals surface area contributed by atoms with Gasteiger partial charge in [0.25, 0.3) is 0 Å². The van der Waals surface area contributed by atoms with Crippen molar-refractivity contribution in [3.63, 3.8) is 0 Å². The van der Waals surface area contributed by atoms with Crippen LogP contribution >= 0.6 is 0 Å². The molecule has 0 aliphatic carbocycles. The summed E-state index contributed by atoms with van der Waals surface area (Å²) in [7, 11) is 6.71. The molecular weight excluding hydrogens is 232 g/mol. The fourth-order valence-corrected chi connectivity index (χ4v) is 1.90. The van der Waals surface area contributed by atoms with E-state index in [0.29, 0.717) is 17.2 Å². The highest BCUT2D eigenvalue weighted by atomic mass is 16.5. The molecule has 5 nitrogen and oxygen atoms in total. The van der Waals surface area contributed by atoms with Crippen LogP contribution < -0.4 is 14.2 Å². The van der Waals surface area contributed by atoms with Crippen molar-refractivity contribution in [2.24, 2.45) is 7.05 Å². The molecule has 1 heterocycles. The highest BCUT2D eigenvalue weighted by Gasteiger charge is 2.18. The summed E-state index contributed by atoms with van der Waals surface area (Å²) in [6, 6.07) is 3.74. The largest absolute Gasteiger partial charge is 0.493 e. The van der Waals surface area contributed by atoms with E-state index in [0.717, 1.165) is 11.4 Å². The maximum Gasteiger partial charge on any atom is 0.204 e. The predicted molar refractivity (Wildman–Crippen MR) is 68.3 cm³/mol. The maximum atomic E-state index is 5.43. The maximum absolute atomic E-state index is 5.43. The molecule has 0 N–H and O–H groups in total. The molecule has 0 amide bonds. The number of aryl methyl sites for hydroxylation is 1. The van der Waals surface area contributed by atoms with Crippen molar-refractivity contribution in [2.45, 2.75) is 0 Å². The van der Waals surface area contributed by atoms with Crippen molar-refractivity contribution in [1.29, 1.82) is 0 Å². The Kier molecular flexibility index (Phi) is 3.41. The summed E-state index contributed by atoms with van der Waals surface area (Å²) in [4.78, 5) is 4.31. The van der Waals surface area contributed by atoms with Gasteiger partial charge in [-0.3, -0.25) is 0 Å². The van der Waals surface area contributed by atoms with Crippen molar-refractivity contribution in [3.05, 3.63) is 24.5 Å². The normalized spacial score (nSPS) is 10.2. The monoisotopic (exact) mass is 248 g/mol. The molecule has 96 valence electrons. The zero-order chi connectivity index (χ0) is 13.1. The minimum Gasteiger partial charge on any atom is -0.493 e.